The SMILES string of the molecule is CN(Cc1nc2ccccc2c(=O)[nH]1)Cc1ccccc1C(F)(F)F. The Bertz CT molecular complexity index is 950. The number of halogens is 3. The van der Waals surface area contributed by atoms with Gasteiger partial charge in [-0.3, -0.25) is 9.69 Å². The Kier molecular flexibility index (Phi) is 4.59. The van der Waals surface area contributed by atoms with Crippen LogP contribution in [-0.4, -0.2) is 21.9 Å². The maximum Gasteiger partial charge on any atom is 0.416 e. The fourth-order valence-electron chi connectivity index (χ4n) is 2.75. The van der Waals surface area contributed by atoms with Crippen LogP contribution in [0.15, 0.2) is 53.3 Å². The number of nitrogens with one attached hydrogen (secondary N) is 1. The van der Waals surface area contributed by atoms with Crippen molar-refractivity contribution in [1.29, 1.82) is 0 Å². The summed E-state index contributed by atoms with van der Waals surface area (Å²) in [4.78, 5) is 20.8. The highest BCUT2D eigenvalue weighted by Crippen LogP contribution is 2.32. The van der Waals surface area contributed by atoms with Crippen LogP contribution in [0.3, 0.4) is 0 Å². The second-order valence-electron chi connectivity index (χ2n) is 5.86. The average molecular weight is 347 g/mol. The van der Waals surface area contributed by atoms with Crippen molar-refractivity contribution in [2.24, 2.45) is 0 Å². The lowest BCUT2D eigenvalue weighted by atomic mass is 10.1. The molecule has 0 spiro atoms. The molecular formula is C18H16F3N3O. The molecule has 0 aliphatic rings. The van der Waals surface area contributed by atoms with E-state index in [0.717, 1.165) is 6.07 Å². The van der Waals surface area contributed by atoms with Crippen LogP contribution >= 0.6 is 0 Å². The monoisotopic (exact) mass is 347 g/mol. The van der Waals surface area contributed by atoms with Crippen molar-refractivity contribution in [2.75, 3.05) is 7.05 Å². The molecular weight excluding hydrogens is 331 g/mol. The van der Waals surface area contributed by atoms with E-state index in [1.54, 1.807) is 42.3 Å². The lowest BCUT2D eigenvalue weighted by Crippen LogP contribution is -2.23. The van der Waals surface area contributed by atoms with Crippen LogP contribution in [0.5, 0.6) is 0 Å². The highest BCUT2D eigenvalue weighted by molar-refractivity contribution is 5.77. The van der Waals surface area contributed by atoms with E-state index in [1.807, 2.05) is 0 Å². The summed E-state index contributed by atoms with van der Waals surface area (Å²) in [6.45, 7) is 0.318. The van der Waals surface area contributed by atoms with Gasteiger partial charge in [0.25, 0.3) is 5.56 Å². The van der Waals surface area contributed by atoms with Crippen molar-refractivity contribution >= 4 is 10.9 Å². The van der Waals surface area contributed by atoms with E-state index in [1.165, 1.54) is 12.1 Å². The van der Waals surface area contributed by atoms with Crippen LogP contribution in [0.1, 0.15) is 17.0 Å². The minimum Gasteiger partial charge on any atom is -0.309 e. The molecule has 4 nitrogen and oxygen atoms in total. The molecule has 0 amide bonds. The van der Waals surface area contributed by atoms with Gasteiger partial charge in [0.2, 0.25) is 0 Å². The first kappa shape index (κ1) is 17.2. The molecule has 0 bridgehead atoms. The summed E-state index contributed by atoms with van der Waals surface area (Å²) in [5, 5.41) is 0.483. The first-order chi connectivity index (χ1) is 11.8. The zero-order chi connectivity index (χ0) is 18.0. The van der Waals surface area contributed by atoms with Crippen LogP contribution in [-0.2, 0) is 19.3 Å². The molecule has 2 aromatic carbocycles. The fraction of sp³-hybridized carbons (Fsp3) is 0.222. The summed E-state index contributed by atoms with van der Waals surface area (Å²) in [6.07, 6.45) is -4.40. The normalized spacial score (nSPS) is 12.0. The Morgan fingerprint density at radius 2 is 1.72 bits per heavy atom. The van der Waals surface area contributed by atoms with E-state index in [2.05, 4.69) is 9.97 Å². The molecule has 3 rings (SSSR count). The topological polar surface area (TPSA) is 49.0 Å². The van der Waals surface area contributed by atoms with E-state index in [9.17, 15) is 18.0 Å². The molecule has 0 unspecified atom stereocenters. The van der Waals surface area contributed by atoms with Crippen molar-refractivity contribution in [1.82, 2.24) is 14.9 Å². The molecule has 0 fully saturated rings. The smallest absolute Gasteiger partial charge is 0.309 e. The number of H-pyrrole nitrogens is 1. The van der Waals surface area contributed by atoms with Gasteiger partial charge in [0.15, 0.2) is 0 Å². The second-order valence-corrected chi connectivity index (χ2v) is 5.86. The minimum absolute atomic E-state index is 0.0895. The molecule has 0 aliphatic heterocycles. The predicted molar refractivity (Wildman–Crippen MR) is 89.0 cm³/mol. The standard InChI is InChI=1S/C18H16F3N3O/c1-24(10-12-6-2-4-8-14(12)18(19,20)21)11-16-22-15-9-5-3-7-13(15)17(25)23-16/h2-9H,10-11H2,1H3,(H,22,23,25). The number of para-hydroxylation sites is 1. The Hall–Kier alpha value is -2.67. The third kappa shape index (κ3) is 3.88. The third-order valence-electron chi connectivity index (χ3n) is 3.84. The summed E-state index contributed by atoms with van der Waals surface area (Å²) >= 11 is 0. The third-order valence-corrected chi connectivity index (χ3v) is 3.84. The zero-order valence-electron chi connectivity index (χ0n) is 13.5. The molecule has 0 saturated heterocycles. The predicted octanol–water partition coefficient (Wildman–Crippen LogP) is 3.57. The van der Waals surface area contributed by atoms with E-state index in [4.69, 9.17) is 0 Å². The van der Waals surface area contributed by atoms with E-state index in [0.29, 0.717) is 16.7 Å². The van der Waals surface area contributed by atoms with Crippen molar-refractivity contribution in [2.45, 2.75) is 19.3 Å². The van der Waals surface area contributed by atoms with Gasteiger partial charge in [0.05, 0.1) is 23.0 Å². The number of aromatic nitrogens is 2. The van der Waals surface area contributed by atoms with Crippen molar-refractivity contribution in [3.05, 3.63) is 75.8 Å². The summed E-state index contributed by atoms with van der Waals surface area (Å²) in [7, 11) is 1.68. The molecule has 0 saturated carbocycles. The quantitative estimate of drug-likeness (QED) is 0.785. The van der Waals surface area contributed by atoms with Gasteiger partial charge < -0.3 is 4.98 Å². The number of fused-ring (bicyclic) bond motifs is 1. The van der Waals surface area contributed by atoms with Crippen LogP contribution < -0.4 is 5.56 Å². The minimum atomic E-state index is -4.40. The number of hydrogen-bond donors (Lipinski definition) is 1. The maximum absolute atomic E-state index is 13.1. The highest BCUT2D eigenvalue weighted by atomic mass is 19.4. The maximum atomic E-state index is 13.1. The molecule has 3 aromatic rings. The van der Waals surface area contributed by atoms with Gasteiger partial charge in [-0.15, -0.1) is 0 Å². The van der Waals surface area contributed by atoms with Crippen molar-refractivity contribution in [3.63, 3.8) is 0 Å². The zero-order valence-corrected chi connectivity index (χ0v) is 13.5. The van der Waals surface area contributed by atoms with Gasteiger partial charge in [0, 0.05) is 6.54 Å². The van der Waals surface area contributed by atoms with Crippen molar-refractivity contribution < 1.29 is 13.2 Å². The first-order valence-electron chi connectivity index (χ1n) is 7.66. The summed E-state index contributed by atoms with van der Waals surface area (Å²) in [6, 6.07) is 12.4. The lowest BCUT2D eigenvalue weighted by molar-refractivity contribution is -0.138. The van der Waals surface area contributed by atoms with Gasteiger partial charge in [-0.25, -0.2) is 4.98 Å². The number of hydrogen-bond acceptors (Lipinski definition) is 3. The van der Waals surface area contributed by atoms with Crippen LogP contribution in [0, 0.1) is 0 Å². The van der Waals surface area contributed by atoms with Crippen molar-refractivity contribution in [3.8, 4) is 0 Å². The second kappa shape index (κ2) is 6.68. The van der Waals surface area contributed by atoms with Gasteiger partial charge in [0.1, 0.15) is 5.82 Å². The van der Waals surface area contributed by atoms with Gasteiger partial charge in [-0.1, -0.05) is 30.3 Å². The van der Waals surface area contributed by atoms with Crippen LogP contribution in [0.25, 0.3) is 10.9 Å². The Morgan fingerprint density at radius 1 is 1.04 bits per heavy atom. The van der Waals surface area contributed by atoms with E-state index >= 15 is 0 Å². The molecule has 1 N–H and O–H groups in total. The first-order valence-corrected chi connectivity index (χ1v) is 7.66. The van der Waals surface area contributed by atoms with E-state index < -0.39 is 11.7 Å². The summed E-state index contributed by atoms with van der Waals surface area (Å²) in [5.74, 6) is 0.413. The molecule has 25 heavy (non-hydrogen) atoms. The molecule has 1 heterocycles. The molecule has 0 atom stereocenters. The number of aromatic amines is 1. The Balaban J connectivity index is 1.82. The molecule has 1 aromatic heterocycles. The Morgan fingerprint density at radius 3 is 2.48 bits per heavy atom. The van der Waals surface area contributed by atoms with Crippen LogP contribution in [0.4, 0.5) is 13.2 Å². The number of alkyl halides is 3. The van der Waals surface area contributed by atoms with Gasteiger partial charge >= 0.3 is 6.18 Å². The number of nitrogens with zero attached hydrogens (tertiary/aromatic N) is 2. The summed E-state index contributed by atoms with van der Waals surface area (Å²) in [5.41, 5.74) is -0.169. The van der Waals surface area contributed by atoms with Gasteiger partial charge in [-0.05, 0) is 30.8 Å². The van der Waals surface area contributed by atoms with Crippen LogP contribution in [0.2, 0.25) is 0 Å². The van der Waals surface area contributed by atoms with E-state index in [-0.39, 0.29) is 24.2 Å². The fourth-order valence-corrected chi connectivity index (χ4v) is 2.75. The molecule has 7 heteroatoms. The summed E-state index contributed by atoms with van der Waals surface area (Å²) < 4.78 is 39.2. The lowest BCUT2D eigenvalue weighted by Gasteiger charge is -2.19. The largest absolute Gasteiger partial charge is 0.416 e. The molecule has 0 aliphatic carbocycles. The number of rotatable bonds is 4. The Labute approximate surface area is 141 Å². The molecule has 130 valence electrons. The highest BCUT2D eigenvalue weighted by Gasteiger charge is 2.33. The molecule has 0 radical (unpaired) electrons. The number of benzene rings is 2. The average Bonchev–Trinajstić information content (AvgIpc) is 2.54. The van der Waals surface area contributed by atoms with Gasteiger partial charge in [-0.2, -0.15) is 13.2 Å².